The number of carboxylic acids is 1. The molecule has 7 nitrogen and oxygen atoms in total. The highest BCUT2D eigenvalue weighted by Crippen LogP contribution is 1.73. The first-order valence-electron chi connectivity index (χ1n) is 3.11. The van der Waals surface area contributed by atoms with E-state index in [1.807, 2.05) is 10.9 Å². The first-order chi connectivity index (χ1) is 6.06. The lowest BCUT2D eigenvalue weighted by Crippen LogP contribution is -2.40. The molecule has 0 aromatic heterocycles. The van der Waals surface area contributed by atoms with E-state index in [0.717, 1.165) is 13.2 Å². The monoisotopic (exact) mass is 188 g/mol. The smallest absolute Gasteiger partial charge is 0.425 e. The lowest BCUT2D eigenvalue weighted by Gasteiger charge is -2.01. The van der Waals surface area contributed by atoms with Gasteiger partial charge < -0.3 is 9.84 Å². The number of methoxy groups -OCH3 is 1. The highest BCUT2D eigenvalue weighted by molar-refractivity contribution is 5.94. The van der Waals surface area contributed by atoms with Gasteiger partial charge in [0.2, 0.25) is 0 Å². The highest BCUT2D eigenvalue weighted by atomic mass is 16.5. The normalized spacial score (nSPS) is 9.31. The van der Waals surface area contributed by atoms with Crippen LogP contribution in [-0.2, 0) is 14.3 Å². The van der Waals surface area contributed by atoms with Gasteiger partial charge in [-0.2, -0.15) is 0 Å². The van der Waals surface area contributed by atoms with Crippen LogP contribution in [0.25, 0.3) is 0 Å². The van der Waals surface area contributed by atoms with Gasteiger partial charge in [-0.1, -0.05) is 0 Å². The maximum atomic E-state index is 10.6. The molecule has 3 N–H and O–H groups in total. The summed E-state index contributed by atoms with van der Waals surface area (Å²) >= 11 is 0. The SMILES string of the molecule is COC(=O)NNC(=O)C=CC(=O)O. The number of amides is 2. The fourth-order valence-corrected chi connectivity index (χ4v) is 0.352. The molecular formula is C6H8N2O5. The number of hydrazine groups is 1. The van der Waals surface area contributed by atoms with Gasteiger partial charge in [0.15, 0.2) is 0 Å². The van der Waals surface area contributed by atoms with Crippen molar-refractivity contribution >= 4 is 18.0 Å². The van der Waals surface area contributed by atoms with E-state index < -0.39 is 18.0 Å². The van der Waals surface area contributed by atoms with Crippen LogP contribution in [0.1, 0.15) is 0 Å². The molecule has 7 heteroatoms. The lowest BCUT2D eigenvalue weighted by molar-refractivity contribution is -0.131. The summed E-state index contributed by atoms with van der Waals surface area (Å²) in [6.07, 6.45) is 0.532. The van der Waals surface area contributed by atoms with Gasteiger partial charge in [-0.15, -0.1) is 0 Å². The Balaban J connectivity index is 3.76. The van der Waals surface area contributed by atoms with Gasteiger partial charge in [0, 0.05) is 12.2 Å². The Kier molecular flexibility index (Phi) is 4.70. The molecule has 0 fully saturated rings. The second kappa shape index (κ2) is 5.58. The Hall–Kier alpha value is -2.05. The second-order valence-corrected chi connectivity index (χ2v) is 1.78. The lowest BCUT2D eigenvalue weighted by atomic mass is 10.5. The van der Waals surface area contributed by atoms with Gasteiger partial charge in [0.25, 0.3) is 5.91 Å². The molecule has 72 valence electrons. The van der Waals surface area contributed by atoms with Crippen LogP contribution in [0.3, 0.4) is 0 Å². The van der Waals surface area contributed by atoms with Crippen molar-refractivity contribution in [1.82, 2.24) is 10.9 Å². The molecule has 0 aromatic rings. The van der Waals surface area contributed by atoms with E-state index in [-0.39, 0.29) is 0 Å². The maximum Gasteiger partial charge on any atom is 0.425 e. The van der Waals surface area contributed by atoms with E-state index in [1.54, 1.807) is 0 Å². The van der Waals surface area contributed by atoms with E-state index in [1.165, 1.54) is 0 Å². The standard InChI is InChI=1S/C6H8N2O5/c1-13-6(12)8-7-4(9)2-3-5(10)11/h2-3H,1H3,(H,7,9)(H,8,12)(H,10,11). The Labute approximate surface area is 73.3 Å². The third-order valence-electron chi connectivity index (χ3n) is 0.850. The molecule has 0 aliphatic heterocycles. The molecule has 2 amide bonds. The van der Waals surface area contributed by atoms with E-state index in [0.29, 0.717) is 6.08 Å². The van der Waals surface area contributed by atoms with Gasteiger partial charge in [-0.3, -0.25) is 10.2 Å². The summed E-state index contributed by atoms with van der Waals surface area (Å²) in [5, 5.41) is 8.11. The minimum Gasteiger partial charge on any atom is -0.478 e. The van der Waals surface area contributed by atoms with E-state index >= 15 is 0 Å². The maximum absolute atomic E-state index is 10.6. The number of hydrogen-bond donors (Lipinski definition) is 3. The third-order valence-corrected chi connectivity index (χ3v) is 0.850. The molecule has 0 saturated heterocycles. The van der Waals surface area contributed by atoms with Crippen LogP contribution < -0.4 is 10.9 Å². The molecule has 0 aliphatic carbocycles. The zero-order valence-electron chi connectivity index (χ0n) is 6.73. The molecule has 0 aromatic carbocycles. The largest absolute Gasteiger partial charge is 0.478 e. The third kappa shape index (κ3) is 6.35. The van der Waals surface area contributed by atoms with Crippen LogP contribution in [-0.4, -0.2) is 30.2 Å². The molecule has 0 rings (SSSR count). The van der Waals surface area contributed by atoms with Gasteiger partial charge in [-0.05, 0) is 0 Å². The van der Waals surface area contributed by atoms with Crippen molar-refractivity contribution in [3.8, 4) is 0 Å². The molecule has 0 radical (unpaired) electrons. The number of carboxylic acid groups (broad SMARTS) is 1. The number of rotatable bonds is 2. The minimum atomic E-state index is -1.26. The van der Waals surface area contributed by atoms with E-state index in [9.17, 15) is 14.4 Å². The molecule has 0 atom stereocenters. The quantitative estimate of drug-likeness (QED) is 0.381. The van der Waals surface area contributed by atoms with Crippen LogP contribution in [0.2, 0.25) is 0 Å². The molecule has 0 aliphatic rings. The Bertz CT molecular complexity index is 247. The predicted molar refractivity (Wildman–Crippen MR) is 40.5 cm³/mol. The van der Waals surface area contributed by atoms with Crippen molar-refractivity contribution < 1.29 is 24.2 Å². The Morgan fingerprint density at radius 3 is 2.31 bits per heavy atom. The molecule has 0 saturated carbocycles. The first kappa shape index (κ1) is 11.0. The van der Waals surface area contributed by atoms with Crippen molar-refractivity contribution in [3.63, 3.8) is 0 Å². The molecule has 0 bridgehead atoms. The molecule has 0 heterocycles. The average molecular weight is 188 g/mol. The average Bonchev–Trinajstić information content (AvgIpc) is 2.10. The summed E-state index contributed by atoms with van der Waals surface area (Å²) in [6.45, 7) is 0. The summed E-state index contributed by atoms with van der Waals surface area (Å²) in [4.78, 5) is 30.9. The topological polar surface area (TPSA) is 105 Å². The van der Waals surface area contributed by atoms with Crippen LogP contribution in [0.4, 0.5) is 4.79 Å². The summed E-state index contributed by atoms with van der Waals surface area (Å²) in [7, 11) is 1.12. The van der Waals surface area contributed by atoms with Gasteiger partial charge in [0.05, 0.1) is 7.11 Å². The first-order valence-corrected chi connectivity index (χ1v) is 3.11. The van der Waals surface area contributed by atoms with Crippen molar-refractivity contribution in [3.05, 3.63) is 12.2 Å². The minimum absolute atomic E-state index is 0.633. The molecular weight excluding hydrogens is 180 g/mol. The summed E-state index contributed by atoms with van der Waals surface area (Å²) < 4.78 is 4.12. The van der Waals surface area contributed by atoms with Crippen LogP contribution in [0, 0.1) is 0 Å². The van der Waals surface area contributed by atoms with Crippen molar-refractivity contribution in [1.29, 1.82) is 0 Å². The summed E-state index contributed by atoms with van der Waals surface area (Å²) in [5.74, 6) is -2.03. The van der Waals surface area contributed by atoms with Gasteiger partial charge >= 0.3 is 12.1 Å². The Morgan fingerprint density at radius 2 is 1.85 bits per heavy atom. The second-order valence-electron chi connectivity index (χ2n) is 1.78. The van der Waals surface area contributed by atoms with E-state index in [4.69, 9.17) is 5.11 Å². The predicted octanol–water partition coefficient (Wildman–Crippen LogP) is -0.986. The van der Waals surface area contributed by atoms with Gasteiger partial charge in [-0.25, -0.2) is 15.0 Å². The van der Waals surface area contributed by atoms with Crippen LogP contribution >= 0.6 is 0 Å². The number of carbonyl (C=O) groups is 3. The summed E-state index contributed by atoms with van der Waals surface area (Å²) in [5.41, 5.74) is 3.73. The number of nitrogens with one attached hydrogen (secondary N) is 2. The van der Waals surface area contributed by atoms with E-state index in [2.05, 4.69) is 4.74 Å². The van der Waals surface area contributed by atoms with Crippen molar-refractivity contribution in [2.24, 2.45) is 0 Å². The number of hydrogen-bond acceptors (Lipinski definition) is 4. The fourth-order valence-electron chi connectivity index (χ4n) is 0.352. The summed E-state index contributed by atoms with van der Waals surface area (Å²) in [6, 6.07) is 0. The van der Waals surface area contributed by atoms with Crippen molar-refractivity contribution in [2.75, 3.05) is 7.11 Å². The zero-order valence-corrected chi connectivity index (χ0v) is 6.73. The highest BCUT2D eigenvalue weighted by Gasteiger charge is 1.99. The Morgan fingerprint density at radius 1 is 1.23 bits per heavy atom. The number of ether oxygens (including phenoxy) is 1. The zero-order chi connectivity index (χ0) is 10.3. The number of carbonyl (C=O) groups excluding carboxylic acids is 2. The van der Waals surface area contributed by atoms with Crippen molar-refractivity contribution in [2.45, 2.75) is 0 Å². The van der Waals surface area contributed by atoms with Crippen LogP contribution in [0.15, 0.2) is 12.2 Å². The molecule has 13 heavy (non-hydrogen) atoms. The number of aliphatic carboxylic acids is 1. The van der Waals surface area contributed by atoms with Crippen LogP contribution in [0.5, 0.6) is 0 Å². The molecule has 0 spiro atoms. The fraction of sp³-hybridized carbons (Fsp3) is 0.167. The molecule has 0 unspecified atom stereocenters. The van der Waals surface area contributed by atoms with Gasteiger partial charge in [0.1, 0.15) is 0 Å².